The topological polar surface area (TPSA) is 125 Å². The molecule has 0 spiro atoms. The summed E-state index contributed by atoms with van der Waals surface area (Å²) in [6.45, 7) is 0.262. The summed E-state index contributed by atoms with van der Waals surface area (Å²) in [6.07, 6.45) is -5.48. The lowest BCUT2D eigenvalue weighted by molar-refractivity contribution is -0.301. The first-order chi connectivity index (χ1) is 7.61. The first-order valence-electron chi connectivity index (χ1n) is 5.24. The molecule has 1 aliphatic rings. The van der Waals surface area contributed by atoms with Gasteiger partial charge >= 0.3 is 0 Å². The van der Waals surface area contributed by atoms with Crippen molar-refractivity contribution in [3.8, 4) is 0 Å². The maximum atomic E-state index is 9.55. The van der Waals surface area contributed by atoms with Gasteiger partial charge in [-0.1, -0.05) is 0 Å². The van der Waals surface area contributed by atoms with Gasteiger partial charge in [0.05, 0.1) is 13.2 Å². The molecule has 5 atom stereocenters. The van der Waals surface area contributed by atoms with Crippen molar-refractivity contribution in [2.45, 2.75) is 37.1 Å². The molecule has 1 aliphatic heterocycles. The third-order valence-corrected chi connectivity index (χ3v) is 2.48. The minimum atomic E-state index is -1.39. The summed E-state index contributed by atoms with van der Waals surface area (Å²) < 4.78 is 10.3. The average molecular weight is 237 g/mol. The van der Waals surface area contributed by atoms with E-state index >= 15 is 0 Å². The first-order valence-corrected chi connectivity index (χ1v) is 5.24. The van der Waals surface area contributed by atoms with Crippen LogP contribution in [0.4, 0.5) is 0 Å². The fourth-order valence-electron chi connectivity index (χ4n) is 1.49. The van der Waals surface area contributed by atoms with E-state index < -0.39 is 37.3 Å². The molecule has 0 aromatic carbocycles. The molecule has 1 rings (SSSR count). The normalized spacial score (nSPS) is 39.9. The molecular weight excluding hydrogens is 218 g/mol. The fraction of sp³-hybridized carbons (Fsp3) is 1.00. The minimum Gasteiger partial charge on any atom is -0.394 e. The number of aliphatic hydroxyl groups is 4. The Morgan fingerprint density at radius 3 is 2.38 bits per heavy atom. The van der Waals surface area contributed by atoms with Crippen molar-refractivity contribution >= 4 is 0 Å². The predicted molar refractivity (Wildman–Crippen MR) is 53.4 cm³/mol. The van der Waals surface area contributed by atoms with E-state index in [9.17, 15) is 15.3 Å². The van der Waals surface area contributed by atoms with Gasteiger partial charge in [0, 0.05) is 0 Å². The number of rotatable bonds is 5. The lowest BCUT2D eigenvalue weighted by atomic mass is 9.99. The molecule has 6 N–H and O–H groups in total. The van der Waals surface area contributed by atoms with Gasteiger partial charge in [0.2, 0.25) is 0 Å². The van der Waals surface area contributed by atoms with Crippen LogP contribution in [0, 0.1) is 0 Å². The van der Waals surface area contributed by atoms with Gasteiger partial charge in [0.25, 0.3) is 0 Å². The van der Waals surface area contributed by atoms with Gasteiger partial charge in [-0.25, -0.2) is 0 Å². The van der Waals surface area contributed by atoms with Gasteiger partial charge in [-0.05, 0) is 13.0 Å². The molecule has 0 radical (unpaired) electrons. The number of ether oxygens (including phenoxy) is 2. The van der Waals surface area contributed by atoms with Crippen molar-refractivity contribution in [2.24, 2.45) is 5.73 Å². The lowest BCUT2D eigenvalue weighted by Gasteiger charge is -2.39. The SMILES string of the molecule is NCCCO[C@H]1O[C@H](CO)[C@H](O)[C@H](O)[C@H]1O. The molecule has 96 valence electrons. The Balaban J connectivity index is 2.50. The highest BCUT2D eigenvalue weighted by molar-refractivity contribution is 4.88. The molecule has 1 heterocycles. The second kappa shape index (κ2) is 6.45. The van der Waals surface area contributed by atoms with Crippen LogP contribution in [0.3, 0.4) is 0 Å². The van der Waals surface area contributed by atoms with E-state index in [0.29, 0.717) is 13.0 Å². The summed E-state index contributed by atoms with van der Waals surface area (Å²) in [5, 5.41) is 37.4. The molecule has 0 saturated carbocycles. The van der Waals surface area contributed by atoms with Crippen molar-refractivity contribution < 1.29 is 29.9 Å². The molecule has 0 bridgehead atoms. The highest BCUT2D eigenvalue weighted by Gasteiger charge is 2.43. The zero-order valence-electron chi connectivity index (χ0n) is 8.90. The van der Waals surface area contributed by atoms with E-state index in [2.05, 4.69) is 0 Å². The summed E-state index contributed by atoms with van der Waals surface area (Å²) in [5.41, 5.74) is 5.27. The largest absolute Gasteiger partial charge is 0.394 e. The lowest BCUT2D eigenvalue weighted by Crippen LogP contribution is -2.59. The van der Waals surface area contributed by atoms with Crippen LogP contribution in [0.25, 0.3) is 0 Å². The van der Waals surface area contributed by atoms with Crippen LogP contribution in [0.15, 0.2) is 0 Å². The number of aliphatic hydroxyl groups excluding tert-OH is 4. The Hall–Kier alpha value is -0.280. The van der Waals surface area contributed by atoms with Crippen LogP contribution in [0.1, 0.15) is 6.42 Å². The first kappa shape index (κ1) is 13.8. The number of hydrogen-bond acceptors (Lipinski definition) is 7. The minimum absolute atomic E-state index is 0.277. The molecule has 1 fully saturated rings. The van der Waals surface area contributed by atoms with E-state index in [1.165, 1.54) is 0 Å². The summed E-state index contributed by atoms with van der Waals surface area (Å²) in [5.74, 6) is 0. The second-order valence-electron chi connectivity index (χ2n) is 3.71. The van der Waals surface area contributed by atoms with Crippen LogP contribution in [0.5, 0.6) is 0 Å². The van der Waals surface area contributed by atoms with Gasteiger partial charge in [-0.3, -0.25) is 0 Å². The van der Waals surface area contributed by atoms with Gasteiger partial charge in [-0.2, -0.15) is 0 Å². The zero-order valence-corrected chi connectivity index (χ0v) is 8.90. The van der Waals surface area contributed by atoms with E-state index in [0.717, 1.165) is 0 Å². The highest BCUT2D eigenvalue weighted by Crippen LogP contribution is 2.21. The molecular formula is C9H19NO6. The van der Waals surface area contributed by atoms with Crippen molar-refractivity contribution in [3.63, 3.8) is 0 Å². The average Bonchev–Trinajstić information content (AvgIpc) is 2.29. The molecule has 1 saturated heterocycles. The Bertz CT molecular complexity index is 202. The third kappa shape index (κ3) is 3.11. The molecule has 0 unspecified atom stereocenters. The molecule has 7 heteroatoms. The Morgan fingerprint density at radius 2 is 1.81 bits per heavy atom. The standard InChI is InChI=1S/C9H19NO6/c10-2-1-3-15-9-8(14)7(13)6(12)5(4-11)16-9/h5-9,11-14H,1-4,10H2/t5-,6+,7+,8-,9+/m1/s1. The van der Waals surface area contributed by atoms with Gasteiger partial charge in [-0.15, -0.1) is 0 Å². The summed E-state index contributed by atoms with van der Waals surface area (Å²) in [4.78, 5) is 0. The highest BCUT2D eigenvalue weighted by atomic mass is 16.7. The molecule has 7 nitrogen and oxygen atoms in total. The summed E-state index contributed by atoms with van der Waals surface area (Å²) >= 11 is 0. The van der Waals surface area contributed by atoms with Crippen LogP contribution in [-0.4, -0.2) is 70.9 Å². The quantitative estimate of drug-likeness (QED) is 0.326. The van der Waals surface area contributed by atoms with Gasteiger partial charge < -0.3 is 35.6 Å². The molecule has 0 aromatic rings. The number of nitrogens with two attached hydrogens (primary N) is 1. The molecule has 0 amide bonds. The second-order valence-corrected chi connectivity index (χ2v) is 3.71. The third-order valence-electron chi connectivity index (χ3n) is 2.48. The van der Waals surface area contributed by atoms with Crippen molar-refractivity contribution in [1.29, 1.82) is 0 Å². The van der Waals surface area contributed by atoms with Crippen LogP contribution >= 0.6 is 0 Å². The van der Waals surface area contributed by atoms with E-state index in [1.54, 1.807) is 0 Å². The Morgan fingerprint density at radius 1 is 1.12 bits per heavy atom. The predicted octanol–water partition coefficient (Wildman–Crippen LogP) is -2.85. The Kier molecular flexibility index (Phi) is 5.56. The molecule has 0 aromatic heterocycles. The fourth-order valence-corrected chi connectivity index (χ4v) is 1.49. The van der Waals surface area contributed by atoms with E-state index in [1.807, 2.05) is 0 Å². The van der Waals surface area contributed by atoms with E-state index in [4.69, 9.17) is 20.3 Å². The van der Waals surface area contributed by atoms with Crippen molar-refractivity contribution in [3.05, 3.63) is 0 Å². The molecule has 0 aliphatic carbocycles. The van der Waals surface area contributed by atoms with Crippen LogP contribution in [0.2, 0.25) is 0 Å². The van der Waals surface area contributed by atoms with Gasteiger partial charge in [0.15, 0.2) is 6.29 Å². The van der Waals surface area contributed by atoms with Gasteiger partial charge in [0.1, 0.15) is 24.4 Å². The monoisotopic (exact) mass is 237 g/mol. The zero-order chi connectivity index (χ0) is 12.1. The number of hydrogen-bond donors (Lipinski definition) is 5. The van der Waals surface area contributed by atoms with Crippen LogP contribution in [-0.2, 0) is 9.47 Å². The van der Waals surface area contributed by atoms with Crippen molar-refractivity contribution in [2.75, 3.05) is 19.8 Å². The van der Waals surface area contributed by atoms with Crippen LogP contribution < -0.4 is 5.73 Å². The smallest absolute Gasteiger partial charge is 0.186 e. The van der Waals surface area contributed by atoms with Crippen molar-refractivity contribution in [1.82, 2.24) is 0 Å². The summed E-state index contributed by atoms with van der Waals surface area (Å²) in [6, 6.07) is 0. The molecule has 16 heavy (non-hydrogen) atoms. The van der Waals surface area contributed by atoms with E-state index in [-0.39, 0.29) is 6.61 Å². The maximum absolute atomic E-state index is 9.55. The maximum Gasteiger partial charge on any atom is 0.186 e. The summed E-state index contributed by atoms with van der Waals surface area (Å²) in [7, 11) is 0. The Labute approximate surface area is 93.4 Å².